The Hall–Kier alpha value is -1.36. The number of rotatable bonds is 5. The third-order valence-electron chi connectivity index (χ3n) is 2.62. The maximum absolute atomic E-state index is 11.0. The summed E-state index contributed by atoms with van der Waals surface area (Å²) in [5.74, 6) is 0.0499. The van der Waals surface area contributed by atoms with Gasteiger partial charge >= 0.3 is 5.97 Å². The monoisotopic (exact) mass is 209 g/mol. The molecule has 5 nitrogen and oxygen atoms in total. The fourth-order valence-corrected chi connectivity index (χ4v) is 1.53. The molecule has 1 aliphatic rings. The number of aryl methyl sites for hydroxylation is 1. The van der Waals surface area contributed by atoms with Gasteiger partial charge in [-0.05, 0) is 19.8 Å². The molecule has 1 fully saturated rings. The van der Waals surface area contributed by atoms with Crippen LogP contribution in [0.4, 0.5) is 0 Å². The molecule has 2 rings (SSSR count). The van der Waals surface area contributed by atoms with Crippen LogP contribution in [0.25, 0.3) is 0 Å². The first-order valence-corrected chi connectivity index (χ1v) is 5.13. The Morgan fingerprint density at radius 1 is 1.80 bits per heavy atom. The number of nitrogens with zero attached hydrogens (tertiary/aromatic N) is 2. The third-order valence-corrected chi connectivity index (χ3v) is 2.62. The summed E-state index contributed by atoms with van der Waals surface area (Å²) in [6, 6.07) is -0.111. The number of carbonyl (C=O) groups is 1. The molecule has 82 valence electrons. The predicted molar refractivity (Wildman–Crippen MR) is 54.5 cm³/mol. The van der Waals surface area contributed by atoms with E-state index in [1.54, 1.807) is 12.4 Å². The zero-order valence-corrected chi connectivity index (χ0v) is 8.68. The van der Waals surface area contributed by atoms with Crippen molar-refractivity contribution >= 4 is 5.97 Å². The molecule has 0 amide bonds. The second-order valence-electron chi connectivity index (χ2n) is 3.96. The molecule has 1 aromatic rings. The van der Waals surface area contributed by atoms with Gasteiger partial charge in [0, 0.05) is 25.0 Å². The van der Waals surface area contributed by atoms with Gasteiger partial charge in [0.05, 0.1) is 0 Å². The first-order valence-electron chi connectivity index (χ1n) is 5.13. The normalized spacial score (nSPS) is 17.7. The Kier molecular flexibility index (Phi) is 2.73. The van der Waals surface area contributed by atoms with Crippen LogP contribution >= 0.6 is 0 Å². The quantitative estimate of drug-likeness (QED) is 0.736. The van der Waals surface area contributed by atoms with Gasteiger partial charge in [-0.2, -0.15) is 0 Å². The van der Waals surface area contributed by atoms with Crippen molar-refractivity contribution in [2.45, 2.75) is 38.4 Å². The highest BCUT2D eigenvalue weighted by atomic mass is 16.4. The van der Waals surface area contributed by atoms with Crippen LogP contribution in [0, 0.1) is 6.92 Å². The first kappa shape index (κ1) is 10.2. The minimum Gasteiger partial charge on any atom is -0.480 e. The molecule has 1 heterocycles. The molecule has 2 N–H and O–H groups in total. The van der Waals surface area contributed by atoms with Gasteiger partial charge in [-0.15, -0.1) is 0 Å². The zero-order chi connectivity index (χ0) is 10.8. The van der Waals surface area contributed by atoms with Crippen molar-refractivity contribution in [1.82, 2.24) is 14.9 Å². The first-order chi connectivity index (χ1) is 7.16. The van der Waals surface area contributed by atoms with E-state index in [0.717, 1.165) is 18.7 Å². The van der Waals surface area contributed by atoms with E-state index in [2.05, 4.69) is 10.3 Å². The fraction of sp³-hybridized carbons (Fsp3) is 0.600. The number of carboxylic acid groups (broad SMARTS) is 1. The van der Waals surface area contributed by atoms with Crippen molar-refractivity contribution in [1.29, 1.82) is 0 Å². The summed E-state index contributed by atoms with van der Waals surface area (Å²) in [4.78, 5) is 15.1. The maximum Gasteiger partial charge on any atom is 0.322 e. The number of hydrogen-bond acceptors (Lipinski definition) is 3. The minimum atomic E-state index is -0.796. The summed E-state index contributed by atoms with van der Waals surface area (Å²) in [5.41, 5.74) is 0. The lowest BCUT2D eigenvalue weighted by Gasteiger charge is -2.15. The Bertz CT molecular complexity index is 357. The lowest BCUT2D eigenvalue weighted by Crippen LogP contribution is -2.41. The second kappa shape index (κ2) is 4.02. The molecule has 1 saturated carbocycles. The lowest BCUT2D eigenvalue weighted by atomic mass is 10.3. The average molecular weight is 209 g/mol. The molecule has 0 bridgehead atoms. The Balaban J connectivity index is 1.99. The van der Waals surface area contributed by atoms with Crippen LogP contribution < -0.4 is 5.32 Å². The standard InChI is InChI=1S/C10H15N3O2/c1-7-11-4-5-13(7)6-9(10(14)15)12-8-2-3-8/h4-5,8-9,12H,2-3,6H2,1H3,(H,14,15). The molecule has 0 radical (unpaired) electrons. The van der Waals surface area contributed by atoms with E-state index in [1.807, 2.05) is 11.5 Å². The van der Waals surface area contributed by atoms with Crippen molar-refractivity contribution < 1.29 is 9.90 Å². The molecule has 1 aromatic heterocycles. The zero-order valence-electron chi connectivity index (χ0n) is 8.68. The Morgan fingerprint density at radius 2 is 2.53 bits per heavy atom. The van der Waals surface area contributed by atoms with Gasteiger partial charge in [-0.1, -0.05) is 0 Å². The minimum absolute atomic E-state index is 0.398. The van der Waals surface area contributed by atoms with Gasteiger partial charge in [-0.25, -0.2) is 4.98 Å². The van der Waals surface area contributed by atoms with Crippen LogP contribution in [-0.4, -0.2) is 32.7 Å². The number of imidazole rings is 1. The maximum atomic E-state index is 11.0. The van der Waals surface area contributed by atoms with E-state index in [1.165, 1.54) is 0 Å². The molecule has 15 heavy (non-hydrogen) atoms. The highest BCUT2D eigenvalue weighted by Gasteiger charge is 2.28. The van der Waals surface area contributed by atoms with Crippen molar-refractivity contribution in [2.75, 3.05) is 0 Å². The van der Waals surface area contributed by atoms with Gasteiger partial charge in [0.25, 0.3) is 0 Å². The lowest BCUT2D eigenvalue weighted by molar-refractivity contribution is -0.139. The molecule has 0 aromatic carbocycles. The average Bonchev–Trinajstić information content (AvgIpc) is 2.90. The van der Waals surface area contributed by atoms with E-state index < -0.39 is 12.0 Å². The summed E-state index contributed by atoms with van der Waals surface area (Å²) >= 11 is 0. The van der Waals surface area contributed by atoms with Crippen LogP contribution in [0.5, 0.6) is 0 Å². The van der Waals surface area contributed by atoms with Crippen LogP contribution in [0.3, 0.4) is 0 Å². The topological polar surface area (TPSA) is 67.2 Å². The van der Waals surface area contributed by atoms with E-state index >= 15 is 0 Å². The second-order valence-corrected chi connectivity index (χ2v) is 3.96. The third kappa shape index (κ3) is 2.56. The summed E-state index contributed by atoms with van der Waals surface area (Å²) in [6.07, 6.45) is 5.67. The summed E-state index contributed by atoms with van der Waals surface area (Å²) in [7, 11) is 0. The van der Waals surface area contributed by atoms with Gasteiger partial charge in [0.2, 0.25) is 0 Å². The number of nitrogens with one attached hydrogen (secondary N) is 1. The SMILES string of the molecule is Cc1nccn1CC(NC1CC1)C(=O)O. The predicted octanol–water partition coefficient (Wildman–Crippen LogP) is 0.397. The van der Waals surface area contributed by atoms with Crippen molar-refractivity contribution in [2.24, 2.45) is 0 Å². The van der Waals surface area contributed by atoms with Crippen molar-refractivity contribution in [3.05, 3.63) is 18.2 Å². The van der Waals surface area contributed by atoms with Gasteiger partial charge in [-0.3, -0.25) is 4.79 Å². The molecule has 5 heteroatoms. The van der Waals surface area contributed by atoms with Crippen molar-refractivity contribution in [3.63, 3.8) is 0 Å². The van der Waals surface area contributed by atoms with Gasteiger partial charge in [0.1, 0.15) is 11.9 Å². The number of aromatic nitrogens is 2. The molecule has 0 spiro atoms. The molecule has 0 saturated heterocycles. The van der Waals surface area contributed by atoms with E-state index in [0.29, 0.717) is 12.6 Å². The van der Waals surface area contributed by atoms with Crippen LogP contribution in [-0.2, 0) is 11.3 Å². The molecular weight excluding hydrogens is 194 g/mol. The van der Waals surface area contributed by atoms with E-state index in [9.17, 15) is 4.79 Å². The fourth-order valence-electron chi connectivity index (χ4n) is 1.53. The molecule has 1 aliphatic carbocycles. The Labute approximate surface area is 88.1 Å². The number of hydrogen-bond donors (Lipinski definition) is 2. The summed E-state index contributed by atoms with van der Waals surface area (Å²) < 4.78 is 1.86. The molecule has 0 aliphatic heterocycles. The van der Waals surface area contributed by atoms with Gasteiger partial charge < -0.3 is 15.0 Å². The van der Waals surface area contributed by atoms with Crippen LogP contribution in [0.15, 0.2) is 12.4 Å². The molecular formula is C10H15N3O2. The number of carboxylic acids is 1. The van der Waals surface area contributed by atoms with E-state index in [-0.39, 0.29) is 0 Å². The molecule has 1 atom stereocenters. The van der Waals surface area contributed by atoms with E-state index in [4.69, 9.17) is 5.11 Å². The highest BCUT2D eigenvalue weighted by Crippen LogP contribution is 2.19. The number of aliphatic carboxylic acids is 1. The Morgan fingerprint density at radius 3 is 3.00 bits per heavy atom. The summed E-state index contributed by atoms with van der Waals surface area (Å²) in [5, 5.41) is 12.2. The summed E-state index contributed by atoms with van der Waals surface area (Å²) in [6.45, 7) is 2.31. The van der Waals surface area contributed by atoms with Crippen LogP contribution in [0.2, 0.25) is 0 Å². The largest absolute Gasteiger partial charge is 0.480 e. The smallest absolute Gasteiger partial charge is 0.322 e. The van der Waals surface area contributed by atoms with Crippen LogP contribution in [0.1, 0.15) is 18.7 Å². The van der Waals surface area contributed by atoms with Crippen molar-refractivity contribution in [3.8, 4) is 0 Å². The highest BCUT2D eigenvalue weighted by molar-refractivity contribution is 5.73. The van der Waals surface area contributed by atoms with Gasteiger partial charge in [0.15, 0.2) is 0 Å². The molecule has 1 unspecified atom stereocenters.